The predicted octanol–water partition coefficient (Wildman–Crippen LogP) is 6.44. The van der Waals surface area contributed by atoms with Gasteiger partial charge in [-0.15, -0.1) is 11.8 Å². The second-order valence-electron chi connectivity index (χ2n) is 7.72. The van der Waals surface area contributed by atoms with Crippen LogP contribution in [0.15, 0.2) is 77.7 Å². The van der Waals surface area contributed by atoms with Gasteiger partial charge in [-0.1, -0.05) is 75.4 Å². The predicted molar refractivity (Wildman–Crippen MR) is 116 cm³/mol. The molecule has 0 heterocycles. The Balaban J connectivity index is 1.67. The summed E-state index contributed by atoms with van der Waals surface area (Å²) in [6.45, 7) is 7.25. The second-order valence-corrected chi connectivity index (χ2v) is 8.73. The Kier molecular flexibility index (Phi) is 6.12. The summed E-state index contributed by atoms with van der Waals surface area (Å²) in [5, 5.41) is 0. The van der Waals surface area contributed by atoms with Crippen molar-refractivity contribution in [1.29, 1.82) is 0 Å². The first-order valence-corrected chi connectivity index (χ1v) is 10.2. The molecule has 0 fully saturated rings. The summed E-state index contributed by atoms with van der Waals surface area (Å²) in [4.78, 5) is 1.11. The van der Waals surface area contributed by atoms with Gasteiger partial charge in [0.25, 0.3) is 0 Å². The summed E-state index contributed by atoms with van der Waals surface area (Å²) < 4.78 is 6.06. The molecule has 0 spiro atoms. The van der Waals surface area contributed by atoms with E-state index in [1.165, 1.54) is 11.1 Å². The molecule has 0 amide bonds. The molecule has 27 heavy (non-hydrogen) atoms. The standard InChI is InChI=1S/C24H27NOS/c1-24(2,3)20-11-9-19(10-12-20)17-27-23-14-13-21(25)15-22(23)26-16-18-7-5-4-6-8-18/h4-15H,16-17,25H2,1-3H3. The molecule has 3 rings (SSSR count). The van der Waals surface area contributed by atoms with Crippen LogP contribution in [0.4, 0.5) is 5.69 Å². The minimum absolute atomic E-state index is 0.182. The van der Waals surface area contributed by atoms with E-state index in [4.69, 9.17) is 10.5 Å². The summed E-state index contributed by atoms with van der Waals surface area (Å²) in [6, 6.07) is 25.0. The molecule has 0 saturated heterocycles. The van der Waals surface area contributed by atoms with E-state index >= 15 is 0 Å². The lowest BCUT2D eigenvalue weighted by Crippen LogP contribution is -2.10. The van der Waals surface area contributed by atoms with Crippen molar-refractivity contribution in [3.63, 3.8) is 0 Å². The molecule has 0 radical (unpaired) electrons. The van der Waals surface area contributed by atoms with Crippen LogP contribution < -0.4 is 10.5 Å². The van der Waals surface area contributed by atoms with Crippen molar-refractivity contribution in [2.45, 2.75) is 43.4 Å². The zero-order chi connectivity index (χ0) is 19.3. The lowest BCUT2D eigenvalue weighted by Gasteiger charge is -2.19. The number of nitrogen functional groups attached to an aromatic ring is 1. The van der Waals surface area contributed by atoms with E-state index in [0.29, 0.717) is 6.61 Å². The van der Waals surface area contributed by atoms with Crippen molar-refractivity contribution in [3.05, 3.63) is 89.5 Å². The molecular weight excluding hydrogens is 350 g/mol. The average Bonchev–Trinajstić information content (AvgIpc) is 2.66. The maximum atomic E-state index is 6.06. The van der Waals surface area contributed by atoms with Crippen molar-refractivity contribution in [3.8, 4) is 5.75 Å². The highest BCUT2D eigenvalue weighted by molar-refractivity contribution is 7.98. The number of ether oxygens (including phenoxy) is 1. The molecule has 2 nitrogen and oxygen atoms in total. The minimum atomic E-state index is 0.182. The fourth-order valence-electron chi connectivity index (χ4n) is 2.75. The van der Waals surface area contributed by atoms with Gasteiger partial charge in [0.05, 0.1) is 0 Å². The number of nitrogens with two attached hydrogens (primary N) is 1. The van der Waals surface area contributed by atoms with Gasteiger partial charge in [0, 0.05) is 22.4 Å². The van der Waals surface area contributed by atoms with Crippen LogP contribution in [-0.2, 0) is 17.8 Å². The van der Waals surface area contributed by atoms with Gasteiger partial charge < -0.3 is 10.5 Å². The summed E-state index contributed by atoms with van der Waals surface area (Å²) in [7, 11) is 0. The van der Waals surface area contributed by atoms with E-state index in [-0.39, 0.29) is 5.41 Å². The Morgan fingerprint density at radius 2 is 1.56 bits per heavy atom. The van der Waals surface area contributed by atoms with Gasteiger partial charge in [-0.2, -0.15) is 0 Å². The Bertz CT molecular complexity index is 867. The molecule has 3 aromatic rings. The van der Waals surface area contributed by atoms with Crippen LogP contribution in [-0.4, -0.2) is 0 Å². The number of benzene rings is 3. The van der Waals surface area contributed by atoms with Gasteiger partial charge in [0.15, 0.2) is 0 Å². The van der Waals surface area contributed by atoms with Crippen LogP contribution in [0.2, 0.25) is 0 Å². The maximum absolute atomic E-state index is 6.06. The van der Waals surface area contributed by atoms with Gasteiger partial charge in [-0.05, 0) is 34.2 Å². The highest BCUT2D eigenvalue weighted by Crippen LogP contribution is 2.34. The van der Waals surface area contributed by atoms with Crippen molar-refractivity contribution in [2.75, 3.05) is 5.73 Å². The van der Waals surface area contributed by atoms with Crippen LogP contribution in [0.3, 0.4) is 0 Å². The smallest absolute Gasteiger partial charge is 0.135 e. The quantitative estimate of drug-likeness (QED) is 0.397. The Hall–Kier alpha value is -2.39. The van der Waals surface area contributed by atoms with Crippen LogP contribution in [0.1, 0.15) is 37.5 Å². The third-order valence-corrected chi connectivity index (χ3v) is 5.55. The number of anilines is 1. The van der Waals surface area contributed by atoms with Gasteiger partial charge in [-0.3, -0.25) is 0 Å². The van der Waals surface area contributed by atoms with Gasteiger partial charge in [0.2, 0.25) is 0 Å². The van der Waals surface area contributed by atoms with Crippen LogP contribution >= 0.6 is 11.8 Å². The van der Waals surface area contributed by atoms with Crippen molar-refractivity contribution < 1.29 is 4.74 Å². The maximum Gasteiger partial charge on any atom is 0.135 e. The van der Waals surface area contributed by atoms with Crippen LogP contribution in [0, 0.1) is 0 Å². The normalized spacial score (nSPS) is 11.4. The van der Waals surface area contributed by atoms with Crippen LogP contribution in [0.5, 0.6) is 5.75 Å². The van der Waals surface area contributed by atoms with Gasteiger partial charge >= 0.3 is 0 Å². The number of hydrogen-bond donors (Lipinski definition) is 1. The molecule has 0 aliphatic carbocycles. The fourth-order valence-corrected chi connectivity index (χ4v) is 3.69. The number of hydrogen-bond acceptors (Lipinski definition) is 3. The molecule has 0 aliphatic heterocycles. The van der Waals surface area contributed by atoms with Crippen molar-refractivity contribution in [2.24, 2.45) is 0 Å². The molecule has 140 valence electrons. The lowest BCUT2D eigenvalue weighted by molar-refractivity contribution is 0.299. The highest BCUT2D eigenvalue weighted by Gasteiger charge is 2.13. The summed E-state index contributed by atoms with van der Waals surface area (Å²) in [6.07, 6.45) is 0. The number of rotatable bonds is 6. The first-order valence-electron chi connectivity index (χ1n) is 9.20. The Morgan fingerprint density at radius 3 is 2.22 bits per heavy atom. The first-order chi connectivity index (χ1) is 12.9. The van der Waals surface area contributed by atoms with E-state index in [1.54, 1.807) is 11.8 Å². The number of thioether (sulfide) groups is 1. The van der Waals surface area contributed by atoms with Gasteiger partial charge in [-0.25, -0.2) is 0 Å². The Labute approximate surface area is 166 Å². The summed E-state index contributed by atoms with van der Waals surface area (Å²) >= 11 is 1.78. The zero-order valence-corrected chi connectivity index (χ0v) is 17.1. The van der Waals surface area contributed by atoms with Gasteiger partial charge in [0.1, 0.15) is 12.4 Å². The molecular formula is C24H27NOS. The van der Waals surface area contributed by atoms with E-state index in [2.05, 4.69) is 57.2 Å². The topological polar surface area (TPSA) is 35.2 Å². The molecule has 0 bridgehead atoms. The Morgan fingerprint density at radius 1 is 0.852 bits per heavy atom. The highest BCUT2D eigenvalue weighted by atomic mass is 32.2. The third-order valence-electron chi connectivity index (χ3n) is 4.42. The van der Waals surface area contributed by atoms with E-state index in [9.17, 15) is 0 Å². The third kappa shape index (κ3) is 5.54. The molecule has 0 aliphatic rings. The minimum Gasteiger partial charge on any atom is -0.488 e. The second kappa shape index (κ2) is 8.53. The molecule has 0 saturated carbocycles. The average molecular weight is 378 g/mol. The molecule has 0 atom stereocenters. The van der Waals surface area contributed by atoms with E-state index < -0.39 is 0 Å². The van der Waals surface area contributed by atoms with E-state index in [1.807, 2.05) is 36.4 Å². The first kappa shape index (κ1) is 19.4. The van der Waals surface area contributed by atoms with Crippen molar-refractivity contribution >= 4 is 17.4 Å². The molecule has 0 aromatic heterocycles. The zero-order valence-electron chi connectivity index (χ0n) is 16.2. The molecule has 3 aromatic carbocycles. The monoisotopic (exact) mass is 377 g/mol. The van der Waals surface area contributed by atoms with Crippen LogP contribution in [0.25, 0.3) is 0 Å². The van der Waals surface area contributed by atoms with E-state index in [0.717, 1.165) is 27.6 Å². The van der Waals surface area contributed by atoms with Crippen molar-refractivity contribution in [1.82, 2.24) is 0 Å². The lowest BCUT2D eigenvalue weighted by atomic mass is 9.87. The summed E-state index contributed by atoms with van der Waals surface area (Å²) in [5.41, 5.74) is 10.7. The summed E-state index contributed by atoms with van der Waals surface area (Å²) in [5.74, 6) is 1.74. The molecule has 0 unspecified atom stereocenters. The molecule has 3 heteroatoms. The SMILES string of the molecule is CC(C)(C)c1ccc(CSc2ccc(N)cc2OCc2ccccc2)cc1. The molecule has 2 N–H and O–H groups in total. The largest absolute Gasteiger partial charge is 0.488 e. The fraction of sp³-hybridized carbons (Fsp3) is 0.250.